The molecule has 1 aliphatic rings. The van der Waals surface area contributed by atoms with Crippen LogP contribution in [0.2, 0.25) is 5.02 Å². The summed E-state index contributed by atoms with van der Waals surface area (Å²) >= 11 is 5.95. The molecule has 0 atom stereocenters. The van der Waals surface area contributed by atoms with Crippen molar-refractivity contribution in [2.24, 2.45) is 0 Å². The number of ether oxygens (including phenoxy) is 1. The Morgan fingerprint density at radius 3 is 2.59 bits per heavy atom. The van der Waals surface area contributed by atoms with E-state index in [2.05, 4.69) is 0 Å². The number of hydrogen-bond donors (Lipinski definition) is 0. The number of para-hydroxylation sites is 2. The zero-order valence-electron chi connectivity index (χ0n) is 14.8. The van der Waals surface area contributed by atoms with Gasteiger partial charge in [-0.25, -0.2) is 4.98 Å². The average Bonchev–Trinajstić information content (AvgIpc) is 3.06. The number of fused-ring (bicyclic) bond motifs is 1. The summed E-state index contributed by atoms with van der Waals surface area (Å²) in [5.74, 6) is 0.843. The molecule has 5 nitrogen and oxygen atoms in total. The molecular weight excluding hydrogens is 362 g/mol. The molecule has 27 heavy (non-hydrogen) atoms. The zero-order chi connectivity index (χ0) is 18.6. The lowest BCUT2D eigenvalue weighted by molar-refractivity contribution is -0.135. The number of carbonyl (C=O) groups excluding carboxylic acids is 1. The summed E-state index contributed by atoms with van der Waals surface area (Å²) in [7, 11) is 0. The van der Waals surface area contributed by atoms with Gasteiger partial charge in [-0.1, -0.05) is 41.9 Å². The molecule has 2 heterocycles. The molecule has 0 spiro atoms. The molecule has 3 aromatic rings. The SMILES string of the molecule is O=C(Cn1c(/C=C/c2ccc(Cl)cc2)nc2ccccc21)N1CCOCC1. The smallest absolute Gasteiger partial charge is 0.242 e. The molecule has 1 aromatic heterocycles. The fourth-order valence-corrected chi connectivity index (χ4v) is 3.31. The van der Waals surface area contributed by atoms with E-state index >= 15 is 0 Å². The van der Waals surface area contributed by atoms with Crippen LogP contribution in [0.15, 0.2) is 48.5 Å². The highest BCUT2D eigenvalue weighted by Gasteiger charge is 2.19. The normalized spacial score (nSPS) is 14.9. The summed E-state index contributed by atoms with van der Waals surface area (Å²) in [6, 6.07) is 15.5. The molecule has 0 unspecified atom stereocenters. The van der Waals surface area contributed by atoms with Gasteiger partial charge >= 0.3 is 0 Å². The van der Waals surface area contributed by atoms with E-state index in [1.807, 2.05) is 70.1 Å². The van der Waals surface area contributed by atoms with E-state index in [0.717, 1.165) is 22.4 Å². The standard InChI is InChI=1S/C21H20ClN3O2/c22-17-8-5-16(6-9-17)7-10-20-23-18-3-1-2-4-19(18)25(20)15-21(26)24-11-13-27-14-12-24/h1-10H,11-15H2/b10-7+. The van der Waals surface area contributed by atoms with E-state index in [9.17, 15) is 4.79 Å². The first-order chi connectivity index (χ1) is 13.2. The lowest BCUT2D eigenvalue weighted by Crippen LogP contribution is -2.42. The Bertz CT molecular complexity index is 973. The third-order valence-electron chi connectivity index (χ3n) is 4.64. The minimum absolute atomic E-state index is 0.0857. The van der Waals surface area contributed by atoms with Crippen molar-refractivity contribution in [1.29, 1.82) is 0 Å². The molecule has 2 aromatic carbocycles. The third kappa shape index (κ3) is 4.04. The van der Waals surface area contributed by atoms with E-state index in [1.54, 1.807) is 0 Å². The highest BCUT2D eigenvalue weighted by Crippen LogP contribution is 2.19. The van der Waals surface area contributed by atoms with E-state index in [-0.39, 0.29) is 12.5 Å². The second-order valence-electron chi connectivity index (χ2n) is 6.42. The molecule has 0 aliphatic carbocycles. The first kappa shape index (κ1) is 17.8. The summed E-state index contributed by atoms with van der Waals surface area (Å²) in [5.41, 5.74) is 2.86. The van der Waals surface area contributed by atoms with Crippen LogP contribution in [0.5, 0.6) is 0 Å². The zero-order valence-corrected chi connectivity index (χ0v) is 15.6. The van der Waals surface area contributed by atoms with E-state index in [4.69, 9.17) is 21.3 Å². The van der Waals surface area contributed by atoms with Crippen LogP contribution in [0.3, 0.4) is 0 Å². The minimum atomic E-state index is 0.0857. The van der Waals surface area contributed by atoms with Crippen molar-refractivity contribution in [1.82, 2.24) is 14.5 Å². The number of nitrogens with zero attached hydrogens (tertiary/aromatic N) is 3. The number of carbonyl (C=O) groups is 1. The van der Waals surface area contributed by atoms with Crippen molar-refractivity contribution in [3.8, 4) is 0 Å². The third-order valence-corrected chi connectivity index (χ3v) is 4.89. The van der Waals surface area contributed by atoms with E-state index in [1.165, 1.54) is 0 Å². The predicted molar refractivity (Wildman–Crippen MR) is 108 cm³/mol. The number of imidazole rings is 1. The van der Waals surface area contributed by atoms with Gasteiger partial charge < -0.3 is 14.2 Å². The Labute approximate surface area is 162 Å². The topological polar surface area (TPSA) is 47.4 Å². The number of rotatable bonds is 4. The molecule has 138 valence electrons. The Morgan fingerprint density at radius 2 is 1.81 bits per heavy atom. The van der Waals surface area contributed by atoms with Crippen molar-refractivity contribution < 1.29 is 9.53 Å². The first-order valence-corrected chi connectivity index (χ1v) is 9.33. The highest BCUT2D eigenvalue weighted by atomic mass is 35.5. The molecule has 1 fully saturated rings. The van der Waals surface area contributed by atoms with Gasteiger partial charge in [0.2, 0.25) is 5.91 Å². The van der Waals surface area contributed by atoms with Crippen LogP contribution in [-0.4, -0.2) is 46.7 Å². The van der Waals surface area contributed by atoms with Gasteiger partial charge in [0.25, 0.3) is 0 Å². The number of halogens is 1. The van der Waals surface area contributed by atoms with Gasteiger partial charge in [-0.15, -0.1) is 0 Å². The second kappa shape index (κ2) is 7.94. The fraction of sp³-hybridized carbons (Fsp3) is 0.238. The average molecular weight is 382 g/mol. The molecular formula is C21H20ClN3O2. The van der Waals surface area contributed by atoms with Crippen LogP contribution in [-0.2, 0) is 16.1 Å². The summed E-state index contributed by atoms with van der Waals surface area (Å²) in [6.45, 7) is 2.74. The molecule has 6 heteroatoms. The molecule has 0 N–H and O–H groups in total. The van der Waals surface area contributed by atoms with Gasteiger partial charge in [0.1, 0.15) is 12.4 Å². The van der Waals surface area contributed by atoms with E-state index in [0.29, 0.717) is 31.3 Å². The van der Waals surface area contributed by atoms with Gasteiger partial charge in [0, 0.05) is 18.1 Å². The maximum absolute atomic E-state index is 12.8. The molecule has 1 amide bonds. The van der Waals surface area contributed by atoms with Crippen molar-refractivity contribution in [2.75, 3.05) is 26.3 Å². The molecule has 0 saturated carbocycles. The number of benzene rings is 2. The van der Waals surface area contributed by atoms with Crippen LogP contribution < -0.4 is 0 Å². The van der Waals surface area contributed by atoms with Crippen LogP contribution in [0.25, 0.3) is 23.2 Å². The number of aromatic nitrogens is 2. The van der Waals surface area contributed by atoms with Crippen molar-refractivity contribution in [3.63, 3.8) is 0 Å². The summed E-state index contributed by atoms with van der Waals surface area (Å²) in [5, 5.41) is 0.704. The van der Waals surface area contributed by atoms with Crippen LogP contribution in [0, 0.1) is 0 Å². The van der Waals surface area contributed by atoms with Crippen LogP contribution >= 0.6 is 11.6 Å². The van der Waals surface area contributed by atoms with Crippen LogP contribution in [0.1, 0.15) is 11.4 Å². The Morgan fingerprint density at radius 1 is 1.07 bits per heavy atom. The monoisotopic (exact) mass is 381 g/mol. The Balaban J connectivity index is 1.64. The molecule has 1 aliphatic heterocycles. The summed E-state index contributed by atoms with van der Waals surface area (Å²) < 4.78 is 7.31. The van der Waals surface area contributed by atoms with Gasteiger partial charge in [-0.2, -0.15) is 0 Å². The molecule has 0 radical (unpaired) electrons. The maximum atomic E-state index is 12.8. The molecule has 4 rings (SSSR count). The van der Waals surface area contributed by atoms with Gasteiger partial charge in [0.05, 0.1) is 24.2 Å². The Kier molecular flexibility index (Phi) is 5.23. The van der Waals surface area contributed by atoms with Gasteiger partial charge in [-0.3, -0.25) is 4.79 Å². The predicted octanol–water partition coefficient (Wildman–Crippen LogP) is 3.72. The first-order valence-electron chi connectivity index (χ1n) is 8.95. The number of morpholine rings is 1. The van der Waals surface area contributed by atoms with Crippen molar-refractivity contribution in [2.45, 2.75) is 6.54 Å². The molecule has 1 saturated heterocycles. The Hall–Kier alpha value is -2.63. The van der Waals surface area contributed by atoms with Gasteiger partial charge in [0.15, 0.2) is 0 Å². The highest BCUT2D eigenvalue weighted by molar-refractivity contribution is 6.30. The summed E-state index contributed by atoms with van der Waals surface area (Å²) in [6.07, 6.45) is 3.92. The number of amides is 1. The second-order valence-corrected chi connectivity index (χ2v) is 6.86. The quantitative estimate of drug-likeness (QED) is 0.692. The largest absolute Gasteiger partial charge is 0.378 e. The minimum Gasteiger partial charge on any atom is -0.378 e. The number of hydrogen-bond acceptors (Lipinski definition) is 3. The molecule has 0 bridgehead atoms. The van der Waals surface area contributed by atoms with Crippen LogP contribution in [0.4, 0.5) is 0 Å². The van der Waals surface area contributed by atoms with E-state index < -0.39 is 0 Å². The summed E-state index contributed by atoms with van der Waals surface area (Å²) in [4.78, 5) is 19.3. The lowest BCUT2D eigenvalue weighted by atomic mass is 10.2. The van der Waals surface area contributed by atoms with Crippen molar-refractivity contribution in [3.05, 3.63) is 64.9 Å². The van der Waals surface area contributed by atoms with Gasteiger partial charge in [-0.05, 0) is 35.9 Å². The van der Waals surface area contributed by atoms with Crippen molar-refractivity contribution >= 4 is 40.7 Å². The fourth-order valence-electron chi connectivity index (χ4n) is 3.18. The lowest BCUT2D eigenvalue weighted by Gasteiger charge is -2.27. The maximum Gasteiger partial charge on any atom is 0.242 e.